The Balaban J connectivity index is 1.96. The van der Waals surface area contributed by atoms with E-state index in [1.165, 1.54) is 12.8 Å². The highest BCUT2D eigenvalue weighted by Crippen LogP contribution is 2.27. The molecule has 1 aromatic rings. The van der Waals surface area contributed by atoms with Crippen LogP contribution in [0.5, 0.6) is 0 Å². The maximum atomic E-state index is 11.8. The number of nitrogens with zero attached hydrogens (tertiary/aromatic N) is 2. The van der Waals surface area contributed by atoms with Gasteiger partial charge in [-0.25, -0.2) is 0 Å². The summed E-state index contributed by atoms with van der Waals surface area (Å²) >= 11 is 0. The molecule has 94 valence electrons. The lowest BCUT2D eigenvalue weighted by molar-refractivity contribution is 0.0910. The van der Waals surface area contributed by atoms with Gasteiger partial charge in [0.05, 0.1) is 0 Å². The van der Waals surface area contributed by atoms with Crippen LogP contribution in [0.3, 0.4) is 0 Å². The number of amides is 1. The fourth-order valence-corrected chi connectivity index (χ4v) is 2.35. The van der Waals surface area contributed by atoms with Crippen LogP contribution in [-0.4, -0.2) is 28.6 Å². The number of carbonyl (C=O) groups is 1. The molecule has 1 amide bonds. The van der Waals surface area contributed by atoms with Crippen LogP contribution in [0, 0.1) is 12.8 Å². The Hall–Kier alpha value is -1.43. The summed E-state index contributed by atoms with van der Waals surface area (Å²) in [5.74, 6) is 0.653. The van der Waals surface area contributed by atoms with Crippen molar-refractivity contribution in [1.29, 1.82) is 0 Å². The highest BCUT2D eigenvalue weighted by molar-refractivity contribution is 5.90. The molecule has 17 heavy (non-hydrogen) atoms. The van der Waals surface area contributed by atoms with Crippen molar-refractivity contribution < 1.29 is 9.32 Å². The molecule has 1 heterocycles. The van der Waals surface area contributed by atoms with Crippen molar-refractivity contribution in [1.82, 2.24) is 15.5 Å². The summed E-state index contributed by atoms with van der Waals surface area (Å²) in [6.07, 6.45) is 4.71. The van der Waals surface area contributed by atoms with E-state index in [0.29, 0.717) is 18.4 Å². The molecule has 6 heteroatoms. The van der Waals surface area contributed by atoms with E-state index in [2.05, 4.69) is 15.5 Å². The first kappa shape index (κ1) is 12.0. The van der Waals surface area contributed by atoms with Gasteiger partial charge in [-0.1, -0.05) is 18.0 Å². The minimum atomic E-state index is -0.302. The summed E-state index contributed by atoms with van der Waals surface area (Å²) in [5, 5.41) is 6.48. The van der Waals surface area contributed by atoms with E-state index >= 15 is 0 Å². The van der Waals surface area contributed by atoms with Crippen LogP contribution in [0.1, 0.15) is 42.2 Å². The molecule has 1 saturated carbocycles. The standard InChI is InChI=1S/C11H18N4O2/c1-7-13-10(15-17-7)11(16)14-9(6-12)8-4-2-3-5-8/h8-9H,2-6,12H2,1H3,(H,14,16). The van der Waals surface area contributed by atoms with Crippen molar-refractivity contribution in [2.24, 2.45) is 11.7 Å². The van der Waals surface area contributed by atoms with Crippen LogP contribution in [0.15, 0.2) is 4.52 Å². The summed E-state index contributed by atoms with van der Waals surface area (Å²) in [6, 6.07) is 0.0174. The van der Waals surface area contributed by atoms with Crippen molar-refractivity contribution in [2.75, 3.05) is 6.54 Å². The first-order chi connectivity index (χ1) is 8.20. The van der Waals surface area contributed by atoms with Gasteiger partial charge in [0.1, 0.15) is 0 Å². The number of hydrogen-bond acceptors (Lipinski definition) is 5. The Labute approximate surface area is 99.9 Å². The Kier molecular flexibility index (Phi) is 3.73. The maximum absolute atomic E-state index is 11.8. The summed E-state index contributed by atoms with van der Waals surface area (Å²) in [4.78, 5) is 15.7. The molecule has 1 atom stereocenters. The highest BCUT2D eigenvalue weighted by Gasteiger charge is 2.26. The van der Waals surface area contributed by atoms with Gasteiger partial charge in [-0.3, -0.25) is 4.79 Å². The van der Waals surface area contributed by atoms with E-state index in [0.717, 1.165) is 12.8 Å². The molecule has 0 saturated heterocycles. The lowest BCUT2D eigenvalue weighted by atomic mass is 9.98. The third kappa shape index (κ3) is 2.82. The lowest BCUT2D eigenvalue weighted by Gasteiger charge is -2.22. The predicted octanol–water partition coefficient (Wildman–Crippen LogP) is 0.625. The average molecular weight is 238 g/mol. The molecule has 2 rings (SSSR count). The van der Waals surface area contributed by atoms with Crippen molar-refractivity contribution in [3.05, 3.63) is 11.7 Å². The average Bonchev–Trinajstić information content (AvgIpc) is 2.96. The molecule has 1 aliphatic rings. The molecule has 0 spiro atoms. The van der Waals surface area contributed by atoms with E-state index in [1.54, 1.807) is 6.92 Å². The number of nitrogens with two attached hydrogens (primary N) is 1. The number of carbonyl (C=O) groups excluding carboxylic acids is 1. The number of rotatable bonds is 4. The normalized spacial score (nSPS) is 18.2. The second-order valence-corrected chi connectivity index (χ2v) is 4.50. The minimum absolute atomic E-state index is 0.0174. The second-order valence-electron chi connectivity index (χ2n) is 4.50. The fraction of sp³-hybridized carbons (Fsp3) is 0.727. The van der Waals surface area contributed by atoms with Crippen LogP contribution in [0.4, 0.5) is 0 Å². The van der Waals surface area contributed by atoms with Gasteiger partial charge in [0, 0.05) is 19.5 Å². The number of aromatic nitrogens is 2. The molecule has 1 unspecified atom stereocenters. The molecule has 6 nitrogen and oxygen atoms in total. The maximum Gasteiger partial charge on any atom is 0.292 e. The van der Waals surface area contributed by atoms with Crippen molar-refractivity contribution >= 4 is 5.91 Å². The Bertz CT molecular complexity index is 385. The van der Waals surface area contributed by atoms with E-state index in [4.69, 9.17) is 10.3 Å². The van der Waals surface area contributed by atoms with E-state index in [9.17, 15) is 4.79 Å². The van der Waals surface area contributed by atoms with Gasteiger partial charge in [0.25, 0.3) is 11.7 Å². The minimum Gasteiger partial charge on any atom is -0.345 e. The van der Waals surface area contributed by atoms with Crippen LogP contribution in [0.25, 0.3) is 0 Å². The smallest absolute Gasteiger partial charge is 0.292 e. The molecule has 1 aliphatic carbocycles. The third-order valence-electron chi connectivity index (χ3n) is 3.27. The highest BCUT2D eigenvalue weighted by atomic mass is 16.5. The van der Waals surface area contributed by atoms with Crippen molar-refractivity contribution in [3.8, 4) is 0 Å². The first-order valence-electron chi connectivity index (χ1n) is 6.02. The summed E-state index contributed by atoms with van der Waals surface area (Å²) in [7, 11) is 0. The van der Waals surface area contributed by atoms with E-state index < -0.39 is 0 Å². The van der Waals surface area contributed by atoms with Gasteiger partial charge in [-0.15, -0.1) is 0 Å². The third-order valence-corrected chi connectivity index (χ3v) is 3.27. The Morgan fingerprint density at radius 2 is 2.29 bits per heavy atom. The van der Waals surface area contributed by atoms with Crippen molar-refractivity contribution in [2.45, 2.75) is 38.6 Å². The van der Waals surface area contributed by atoms with Crippen LogP contribution >= 0.6 is 0 Å². The fourth-order valence-electron chi connectivity index (χ4n) is 2.35. The Morgan fingerprint density at radius 3 is 2.82 bits per heavy atom. The van der Waals surface area contributed by atoms with Crippen LogP contribution in [-0.2, 0) is 0 Å². The zero-order valence-electron chi connectivity index (χ0n) is 9.98. The largest absolute Gasteiger partial charge is 0.345 e. The van der Waals surface area contributed by atoms with Gasteiger partial charge in [-0.2, -0.15) is 4.98 Å². The lowest BCUT2D eigenvalue weighted by Crippen LogP contribution is -2.44. The Morgan fingerprint density at radius 1 is 1.59 bits per heavy atom. The van der Waals surface area contributed by atoms with Gasteiger partial charge in [0.15, 0.2) is 0 Å². The molecule has 0 radical (unpaired) electrons. The first-order valence-corrected chi connectivity index (χ1v) is 6.02. The van der Waals surface area contributed by atoms with E-state index in [1.807, 2.05) is 0 Å². The van der Waals surface area contributed by atoms with Crippen molar-refractivity contribution in [3.63, 3.8) is 0 Å². The van der Waals surface area contributed by atoms with Crippen LogP contribution < -0.4 is 11.1 Å². The monoisotopic (exact) mass is 238 g/mol. The number of hydrogen-bond donors (Lipinski definition) is 2. The molecule has 0 bridgehead atoms. The predicted molar refractivity (Wildman–Crippen MR) is 61.3 cm³/mol. The van der Waals surface area contributed by atoms with Gasteiger partial charge < -0.3 is 15.6 Å². The van der Waals surface area contributed by atoms with Gasteiger partial charge in [0.2, 0.25) is 5.89 Å². The molecule has 0 aliphatic heterocycles. The summed E-state index contributed by atoms with van der Waals surface area (Å²) in [6.45, 7) is 2.11. The molecular formula is C11H18N4O2. The number of nitrogens with one attached hydrogen (secondary N) is 1. The zero-order valence-corrected chi connectivity index (χ0v) is 9.98. The van der Waals surface area contributed by atoms with Gasteiger partial charge in [-0.05, 0) is 18.8 Å². The molecule has 1 aromatic heterocycles. The molecular weight excluding hydrogens is 220 g/mol. The topological polar surface area (TPSA) is 94.0 Å². The molecule has 0 aromatic carbocycles. The number of aryl methyl sites for hydroxylation is 1. The van der Waals surface area contributed by atoms with Gasteiger partial charge >= 0.3 is 0 Å². The quantitative estimate of drug-likeness (QED) is 0.802. The summed E-state index contributed by atoms with van der Waals surface area (Å²) < 4.78 is 4.77. The molecule has 1 fully saturated rings. The van der Waals surface area contributed by atoms with E-state index in [-0.39, 0.29) is 17.8 Å². The molecule has 3 N–H and O–H groups in total. The zero-order chi connectivity index (χ0) is 12.3. The SMILES string of the molecule is Cc1nc(C(=O)NC(CN)C2CCCC2)no1. The summed E-state index contributed by atoms with van der Waals surface area (Å²) in [5.41, 5.74) is 5.71. The van der Waals surface area contributed by atoms with Crippen LogP contribution in [0.2, 0.25) is 0 Å². The second kappa shape index (κ2) is 5.27.